The van der Waals surface area contributed by atoms with Gasteiger partial charge in [0.1, 0.15) is 0 Å². The maximum absolute atomic E-state index is 12.0. The largest absolute Gasteiger partial charge is 0.369 e. The van der Waals surface area contributed by atoms with Crippen molar-refractivity contribution in [2.75, 3.05) is 0 Å². The number of carbonyl (C=O) groups excluding carboxylic acids is 1. The lowest BCUT2D eigenvalue weighted by molar-refractivity contribution is -0.132. The first-order valence-electron chi connectivity index (χ1n) is 2.03. The third-order valence-corrected chi connectivity index (χ3v) is 1.45. The maximum Gasteiger partial charge on any atom is 0.369 e. The van der Waals surface area contributed by atoms with Crippen LogP contribution in [0.25, 0.3) is 0 Å². The molecule has 0 rings (SSSR count). The van der Waals surface area contributed by atoms with Crippen LogP contribution < -0.4 is 5.48 Å². The minimum Gasteiger partial charge on any atom is -0.322 e. The van der Waals surface area contributed by atoms with Crippen molar-refractivity contribution in [2.45, 2.75) is 5.91 Å². The van der Waals surface area contributed by atoms with E-state index in [1.165, 1.54) is 0 Å². The van der Waals surface area contributed by atoms with Crippen LogP contribution >= 0.6 is 7.60 Å². The molecular formula is C2H5FNO5P. The molecule has 1 atom stereocenters. The molecule has 0 aliphatic heterocycles. The zero-order chi connectivity index (χ0) is 8.36. The zero-order valence-electron chi connectivity index (χ0n) is 4.56. The van der Waals surface area contributed by atoms with E-state index in [4.69, 9.17) is 15.0 Å². The second kappa shape index (κ2) is 3.07. The van der Waals surface area contributed by atoms with E-state index in [1.54, 1.807) is 0 Å². The Balaban J connectivity index is 4.23. The van der Waals surface area contributed by atoms with E-state index in [9.17, 15) is 13.8 Å². The number of alkyl halides is 1. The molecule has 0 saturated carbocycles. The Morgan fingerprint density at radius 3 is 2.10 bits per heavy atom. The van der Waals surface area contributed by atoms with Gasteiger partial charge in [-0.3, -0.25) is 14.6 Å². The average molecular weight is 173 g/mol. The summed E-state index contributed by atoms with van der Waals surface area (Å²) in [4.78, 5) is 25.8. The Morgan fingerprint density at radius 2 is 2.00 bits per heavy atom. The zero-order valence-corrected chi connectivity index (χ0v) is 5.46. The van der Waals surface area contributed by atoms with Gasteiger partial charge in [0, 0.05) is 0 Å². The SMILES string of the molecule is O=C(NO)[C@@H](F)P(=O)(O)O. The number of amides is 1. The van der Waals surface area contributed by atoms with Gasteiger partial charge in [-0.2, -0.15) is 0 Å². The molecule has 0 aliphatic carbocycles. The molecule has 0 aromatic heterocycles. The Bertz CT molecular complexity index is 176. The van der Waals surface area contributed by atoms with Crippen molar-refractivity contribution < 1.29 is 28.7 Å². The summed E-state index contributed by atoms with van der Waals surface area (Å²) in [7, 11) is -5.07. The van der Waals surface area contributed by atoms with Gasteiger partial charge in [0.25, 0.3) is 11.8 Å². The molecular weight excluding hydrogens is 168 g/mol. The number of hydroxylamine groups is 1. The van der Waals surface area contributed by atoms with E-state index < -0.39 is 19.4 Å². The number of nitrogens with one attached hydrogen (secondary N) is 1. The highest BCUT2D eigenvalue weighted by Crippen LogP contribution is 2.41. The molecule has 0 bridgehead atoms. The topological polar surface area (TPSA) is 107 Å². The van der Waals surface area contributed by atoms with Crippen molar-refractivity contribution in [2.24, 2.45) is 0 Å². The monoisotopic (exact) mass is 173 g/mol. The fourth-order valence-corrected chi connectivity index (χ4v) is 0.569. The summed E-state index contributed by atoms with van der Waals surface area (Å²) in [5.74, 6) is -4.76. The Hall–Kier alpha value is -0.490. The first-order chi connectivity index (χ1) is 4.39. The predicted octanol–water partition coefficient (Wildman–Crippen LogP) is -1.03. The molecule has 60 valence electrons. The predicted molar refractivity (Wildman–Crippen MR) is 26.9 cm³/mol. The Morgan fingerprint density at radius 1 is 1.60 bits per heavy atom. The molecule has 0 heterocycles. The maximum atomic E-state index is 12.0. The van der Waals surface area contributed by atoms with Crippen molar-refractivity contribution in [3.8, 4) is 0 Å². The smallest absolute Gasteiger partial charge is 0.322 e. The van der Waals surface area contributed by atoms with Crippen LogP contribution in [0.3, 0.4) is 0 Å². The summed E-state index contributed by atoms with van der Waals surface area (Å²) < 4.78 is 21.8. The quantitative estimate of drug-likeness (QED) is 0.242. The van der Waals surface area contributed by atoms with Crippen LogP contribution in [0.15, 0.2) is 0 Å². The molecule has 0 unspecified atom stereocenters. The number of rotatable bonds is 2. The third kappa shape index (κ3) is 2.40. The second-order valence-corrected chi connectivity index (χ2v) is 3.03. The first-order valence-corrected chi connectivity index (χ1v) is 3.71. The summed E-state index contributed by atoms with van der Waals surface area (Å²) in [6, 6.07) is 0. The highest BCUT2D eigenvalue weighted by molar-refractivity contribution is 7.53. The van der Waals surface area contributed by atoms with E-state index >= 15 is 0 Å². The molecule has 1 amide bonds. The molecule has 8 heteroatoms. The van der Waals surface area contributed by atoms with Crippen LogP contribution in [0, 0.1) is 0 Å². The van der Waals surface area contributed by atoms with Crippen molar-refractivity contribution in [3.63, 3.8) is 0 Å². The lowest BCUT2D eigenvalue weighted by Crippen LogP contribution is -2.28. The summed E-state index contributed by atoms with van der Waals surface area (Å²) in [5.41, 5.74) is 0.765. The van der Waals surface area contributed by atoms with Crippen molar-refractivity contribution in [1.82, 2.24) is 5.48 Å². The van der Waals surface area contributed by atoms with E-state index in [0.29, 0.717) is 0 Å². The number of carbonyl (C=O) groups is 1. The highest BCUT2D eigenvalue weighted by Gasteiger charge is 2.35. The van der Waals surface area contributed by atoms with Crippen LogP contribution in [0.4, 0.5) is 4.39 Å². The highest BCUT2D eigenvalue weighted by atomic mass is 31.2. The van der Waals surface area contributed by atoms with Gasteiger partial charge in [-0.25, -0.2) is 9.87 Å². The molecule has 0 aromatic carbocycles. The molecule has 0 spiro atoms. The second-order valence-electron chi connectivity index (χ2n) is 1.40. The van der Waals surface area contributed by atoms with Crippen molar-refractivity contribution in [3.05, 3.63) is 0 Å². The molecule has 0 aromatic rings. The molecule has 4 N–H and O–H groups in total. The van der Waals surface area contributed by atoms with Gasteiger partial charge in [-0.15, -0.1) is 0 Å². The van der Waals surface area contributed by atoms with Gasteiger partial charge < -0.3 is 9.79 Å². The van der Waals surface area contributed by atoms with Crippen LogP contribution in [0.2, 0.25) is 0 Å². The lowest BCUT2D eigenvalue weighted by atomic mass is 10.7. The van der Waals surface area contributed by atoms with Crippen molar-refractivity contribution in [1.29, 1.82) is 0 Å². The van der Waals surface area contributed by atoms with Gasteiger partial charge in [-0.05, 0) is 0 Å². The van der Waals surface area contributed by atoms with E-state index in [0.717, 1.165) is 5.48 Å². The molecule has 10 heavy (non-hydrogen) atoms. The summed E-state index contributed by atoms with van der Waals surface area (Å²) >= 11 is 0. The number of hydrogen-bond donors (Lipinski definition) is 4. The average Bonchev–Trinajstić information content (AvgIpc) is 1.83. The van der Waals surface area contributed by atoms with E-state index in [2.05, 4.69) is 0 Å². The standard InChI is InChI=1S/C2H5FNO5P/c3-1(2(5)4-6)10(7,8)9/h1,6H,(H,4,5)(H2,7,8,9)/t1-/m0/s1. The molecule has 0 radical (unpaired) electrons. The van der Waals surface area contributed by atoms with E-state index in [-0.39, 0.29) is 0 Å². The van der Waals surface area contributed by atoms with Gasteiger partial charge in [0.2, 0.25) is 0 Å². The molecule has 0 fully saturated rings. The van der Waals surface area contributed by atoms with Crippen molar-refractivity contribution >= 4 is 13.5 Å². The Labute approximate surface area is 54.8 Å². The summed E-state index contributed by atoms with van der Waals surface area (Å²) in [6.45, 7) is 0. The number of halogens is 1. The summed E-state index contributed by atoms with van der Waals surface area (Å²) in [5, 5.41) is 7.69. The fourth-order valence-electron chi connectivity index (χ4n) is 0.206. The van der Waals surface area contributed by atoms with Crippen LogP contribution in [-0.2, 0) is 9.36 Å². The third-order valence-electron chi connectivity index (χ3n) is 0.622. The summed E-state index contributed by atoms with van der Waals surface area (Å²) in [6.07, 6.45) is 0. The molecule has 6 nitrogen and oxygen atoms in total. The minimum absolute atomic E-state index is 0.765. The number of hydrogen-bond acceptors (Lipinski definition) is 3. The lowest BCUT2D eigenvalue weighted by Gasteiger charge is -2.06. The van der Waals surface area contributed by atoms with Gasteiger partial charge in [0.05, 0.1) is 0 Å². The van der Waals surface area contributed by atoms with Gasteiger partial charge >= 0.3 is 7.60 Å². The fraction of sp³-hybridized carbons (Fsp3) is 0.500. The van der Waals surface area contributed by atoms with Crippen LogP contribution in [-0.4, -0.2) is 26.8 Å². The first kappa shape index (κ1) is 9.51. The molecule has 0 saturated heterocycles. The normalized spacial score (nSPS) is 14.4. The minimum atomic E-state index is -5.07. The van der Waals surface area contributed by atoms with Gasteiger partial charge in [0.15, 0.2) is 0 Å². The van der Waals surface area contributed by atoms with Crippen LogP contribution in [0.5, 0.6) is 0 Å². The Kier molecular flexibility index (Phi) is 2.92. The van der Waals surface area contributed by atoms with Crippen LogP contribution in [0.1, 0.15) is 0 Å². The van der Waals surface area contributed by atoms with Gasteiger partial charge in [-0.1, -0.05) is 0 Å². The van der Waals surface area contributed by atoms with E-state index in [1.807, 2.05) is 0 Å². The molecule has 0 aliphatic rings.